The Bertz CT molecular complexity index is 925. The Balaban J connectivity index is 1.96. The molecule has 0 radical (unpaired) electrons. The van der Waals surface area contributed by atoms with Crippen LogP contribution in [0.3, 0.4) is 0 Å². The first-order valence-electron chi connectivity index (χ1n) is 7.99. The molecule has 0 aromatic heterocycles. The molecule has 0 unspecified atom stereocenters. The van der Waals surface area contributed by atoms with E-state index in [0.29, 0.717) is 38.0 Å². The fraction of sp³-hybridized carbons (Fsp3) is 0.100. The number of ether oxygens (including phenoxy) is 2. The van der Waals surface area contributed by atoms with Crippen LogP contribution in [0.25, 0.3) is 6.08 Å². The fourth-order valence-corrected chi connectivity index (χ4v) is 3.94. The lowest BCUT2D eigenvalue weighted by atomic mass is 10.1. The summed E-state index contributed by atoms with van der Waals surface area (Å²) < 4.78 is 11.6. The molecule has 1 aliphatic heterocycles. The van der Waals surface area contributed by atoms with Gasteiger partial charge < -0.3 is 9.47 Å². The van der Waals surface area contributed by atoms with Gasteiger partial charge in [-0.15, -0.1) is 0 Å². The van der Waals surface area contributed by atoms with Gasteiger partial charge in [-0.25, -0.2) is 0 Å². The highest BCUT2D eigenvalue weighted by Crippen LogP contribution is 2.39. The van der Waals surface area contributed by atoms with Gasteiger partial charge in [0.25, 0.3) is 5.91 Å². The minimum absolute atomic E-state index is 0.190. The lowest BCUT2D eigenvalue weighted by Gasteiger charge is -2.14. The molecule has 0 N–H and O–H groups in total. The molecule has 27 heavy (non-hydrogen) atoms. The smallest absolute Gasteiger partial charge is 0.270 e. The Morgan fingerprint density at radius 1 is 1.26 bits per heavy atom. The van der Waals surface area contributed by atoms with Gasteiger partial charge >= 0.3 is 0 Å². The number of carbonyl (C=O) groups is 1. The predicted octanol–water partition coefficient (Wildman–Crippen LogP) is 5.32. The second kappa shape index (κ2) is 8.61. The van der Waals surface area contributed by atoms with Crippen LogP contribution in [0, 0.1) is 0 Å². The molecule has 1 heterocycles. The zero-order valence-electron chi connectivity index (χ0n) is 14.5. The number of hydrogen-bond acceptors (Lipinski definition) is 5. The van der Waals surface area contributed by atoms with Crippen molar-refractivity contribution in [3.63, 3.8) is 0 Å². The third kappa shape index (κ3) is 4.18. The van der Waals surface area contributed by atoms with Gasteiger partial charge in [0.15, 0.2) is 15.8 Å². The molecule has 0 bridgehead atoms. The van der Waals surface area contributed by atoms with Crippen molar-refractivity contribution in [1.29, 1.82) is 0 Å². The van der Waals surface area contributed by atoms with Crippen LogP contribution < -0.4 is 14.4 Å². The maximum Gasteiger partial charge on any atom is 0.270 e. The van der Waals surface area contributed by atoms with Crippen LogP contribution in [0.5, 0.6) is 11.5 Å². The van der Waals surface area contributed by atoms with Crippen molar-refractivity contribution in [3.8, 4) is 11.5 Å². The maximum atomic E-state index is 12.9. The molecule has 3 rings (SSSR count). The summed E-state index contributed by atoms with van der Waals surface area (Å²) in [6.45, 7) is 3.99. The molecule has 1 amide bonds. The van der Waals surface area contributed by atoms with E-state index in [2.05, 4.69) is 6.58 Å². The number of anilines is 1. The first-order valence-corrected chi connectivity index (χ1v) is 9.59. The number of hydrogen-bond donors (Lipinski definition) is 0. The van der Waals surface area contributed by atoms with Crippen molar-refractivity contribution in [2.24, 2.45) is 0 Å². The topological polar surface area (TPSA) is 38.8 Å². The molecule has 1 fully saturated rings. The second-order valence-electron chi connectivity index (χ2n) is 5.47. The highest BCUT2D eigenvalue weighted by molar-refractivity contribution is 8.27. The average Bonchev–Trinajstić information content (AvgIpc) is 2.94. The Morgan fingerprint density at radius 2 is 2.00 bits per heavy atom. The lowest BCUT2D eigenvalue weighted by Crippen LogP contribution is -2.27. The highest BCUT2D eigenvalue weighted by Gasteiger charge is 2.33. The quantitative estimate of drug-likeness (QED) is 0.361. The number of para-hydroxylation sites is 1. The number of thioether (sulfide) groups is 1. The summed E-state index contributed by atoms with van der Waals surface area (Å²) in [7, 11) is 1.57. The van der Waals surface area contributed by atoms with Crippen LogP contribution in [0.2, 0.25) is 5.02 Å². The SMILES string of the molecule is C=CCOc1c(/C=C2/SC(=S)N(c3ccc(Cl)cc3)C2=O)cccc1OC. The minimum atomic E-state index is -0.190. The number of nitrogens with zero attached hydrogens (tertiary/aromatic N) is 1. The van der Waals surface area contributed by atoms with E-state index in [0.717, 1.165) is 5.56 Å². The van der Waals surface area contributed by atoms with E-state index in [1.54, 1.807) is 49.6 Å². The Morgan fingerprint density at radius 3 is 2.67 bits per heavy atom. The van der Waals surface area contributed by atoms with Gasteiger partial charge in [0, 0.05) is 10.6 Å². The van der Waals surface area contributed by atoms with Crippen molar-refractivity contribution in [1.82, 2.24) is 0 Å². The zero-order valence-corrected chi connectivity index (χ0v) is 16.9. The van der Waals surface area contributed by atoms with Crippen LogP contribution in [0.15, 0.2) is 60.0 Å². The van der Waals surface area contributed by atoms with E-state index in [1.807, 2.05) is 12.1 Å². The maximum absolute atomic E-state index is 12.9. The largest absolute Gasteiger partial charge is 0.493 e. The van der Waals surface area contributed by atoms with Crippen molar-refractivity contribution < 1.29 is 14.3 Å². The Kier molecular flexibility index (Phi) is 6.21. The summed E-state index contributed by atoms with van der Waals surface area (Å²) in [5, 5.41) is 0.597. The molecule has 1 saturated heterocycles. The van der Waals surface area contributed by atoms with E-state index < -0.39 is 0 Å². The van der Waals surface area contributed by atoms with Crippen LogP contribution >= 0.6 is 35.6 Å². The highest BCUT2D eigenvalue weighted by atomic mass is 35.5. The molecule has 0 spiro atoms. The van der Waals surface area contributed by atoms with Gasteiger partial charge in [-0.3, -0.25) is 9.69 Å². The minimum Gasteiger partial charge on any atom is -0.493 e. The number of thiocarbonyl (C=S) groups is 1. The van der Waals surface area contributed by atoms with E-state index in [-0.39, 0.29) is 5.91 Å². The molecule has 0 saturated carbocycles. The zero-order chi connectivity index (χ0) is 19.4. The first kappa shape index (κ1) is 19.5. The first-order chi connectivity index (χ1) is 13.0. The van der Waals surface area contributed by atoms with E-state index in [1.165, 1.54) is 16.7 Å². The Labute approximate surface area is 172 Å². The van der Waals surface area contributed by atoms with Crippen molar-refractivity contribution in [3.05, 3.63) is 70.6 Å². The number of carbonyl (C=O) groups excluding carboxylic acids is 1. The van der Waals surface area contributed by atoms with Gasteiger partial charge in [-0.2, -0.15) is 0 Å². The average molecular weight is 418 g/mol. The van der Waals surface area contributed by atoms with Gasteiger partial charge in [0.2, 0.25) is 0 Å². The molecule has 4 nitrogen and oxygen atoms in total. The van der Waals surface area contributed by atoms with Gasteiger partial charge in [-0.1, -0.05) is 60.4 Å². The second-order valence-corrected chi connectivity index (χ2v) is 7.58. The van der Waals surface area contributed by atoms with Crippen LogP contribution in [0.4, 0.5) is 5.69 Å². The monoisotopic (exact) mass is 417 g/mol. The summed E-state index contributed by atoms with van der Waals surface area (Å²) in [5.74, 6) is 0.945. The van der Waals surface area contributed by atoms with Crippen molar-refractivity contribution >= 4 is 57.6 Å². The molecule has 1 aliphatic rings. The fourth-order valence-electron chi connectivity index (χ4n) is 2.53. The molecule has 138 valence electrons. The van der Waals surface area contributed by atoms with Crippen LogP contribution in [-0.4, -0.2) is 23.9 Å². The third-order valence-corrected chi connectivity index (χ3v) is 5.29. The van der Waals surface area contributed by atoms with Gasteiger partial charge in [0.1, 0.15) is 6.61 Å². The molecule has 2 aromatic rings. The molecular weight excluding hydrogens is 402 g/mol. The summed E-state index contributed by atoms with van der Waals surface area (Å²) >= 11 is 12.6. The van der Waals surface area contributed by atoms with Crippen LogP contribution in [0.1, 0.15) is 5.56 Å². The third-order valence-electron chi connectivity index (χ3n) is 3.74. The number of benzene rings is 2. The van der Waals surface area contributed by atoms with Crippen LogP contribution in [-0.2, 0) is 4.79 Å². The number of halogens is 1. The summed E-state index contributed by atoms with van der Waals surface area (Å²) in [5.41, 5.74) is 1.41. The normalized spacial score (nSPS) is 15.3. The van der Waals surface area contributed by atoms with E-state index in [4.69, 9.17) is 33.3 Å². The standard InChI is InChI=1S/C20H16ClNO3S2/c1-3-11-25-18-13(5-4-6-16(18)24-2)12-17-19(23)22(20(26)27-17)15-9-7-14(21)8-10-15/h3-10,12H,1,11H2,2H3/b17-12+. The van der Waals surface area contributed by atoms with Gasteiger partial charge in [0.05, 0.1) is 17.7 Å². The summed E-state index contributed by atoms with van der Waals surface area (Å²) in [6, 6.07) is 12.5. The molecule has 0 aliphatic carbocycles. The van der Waals surface area contributed by atoms with Crippen molar-refractivity contribution in [2.75, 3.05) is 18.6 Å². The Hall–Kier alpha value is -2.28. The number of methoxy groups -OCH3 is 1. The summed E-state index contributed by atoms with van der Waals surface area (Å²) in [4.78, 5) is 14.9. The van der Waals surface area contributed by atoms with E-state index in [9.17, 15) is 4.79 Å². The van der Waals surface area contributed by atoms with Gasteiger partial charge in [-0.05, 0) is 36.4 Å². The molecule has 0 atom stereocenters. The van der Waals surface area contributed by atoms with E-state index >= 15 is 0 Å². The lowest BCUT2D eigenvalue weighted by molar-refractivity contribution is -0.113. The molecule has 2 aromatic carbocycles. The number of rotatable bonds is 6. The summed E-state index contributed by atoms with van der Waals surface area (Å²) in [6.07, 6.45) is 3.41. The number of amides is 1. The molecule has 7 heteroatoms. The van der Waals surface area contributed by atoms with Crippen molar-refractivity contribution in [2.45, 2.75) is 0 Å². The molecular formula is C20H16ClNO3S2. The predicted molar refractivity (Wildman–Crippen MR) is 116 cm³/mol.